The maximum Gasteiger partial charge on any atom is 0.308 e. The Balaban J connectivity index is 2.57. The zero-order valence-electron chi connectivity index (χ0n) is 9.03. The highest BCUT2D eigenvalue weighted by Gasteiger charge is 2.32. The van der Waals surface area contributed by atoms with E-state index in [0.717, 1.165) is 0 Å². The number of carbonyl (C=O) groups is 2. The number of carbonyl (C=O) groups excluding carboxylic acids is 1. The van der Waals surface area contributed by atoms with E-state index in [1.807, 2.05) is 0 Å². The first-order valence-electron chi connectivity index (χ1n) is 5.13. The van der Waals surface area contributed by atoms with Crippen LogP contribution in [0.3, 0.4) is 0 Å². The molecule has 2 atom stereocenters. The van der Waals surface area contributed by atoms with Crippen molar-refractivity contribution in [2.45, 2.75) is 26.3 Å². The van der Waals surface area contributed by atoms with E-state index in [1.54, 1.807) is 13.8 Å². The topological polar surface area (TPSA) is 75.6 Å². The van der Waals surface area contributed by atoms with Crippen molar-refractivity contribution in [3.05, 3.63) is 0 Å². The van der Waals surface area contributed by atoms with Crippen LogP contribution in [-0.2, 0) is 14.3 Å². The van der Waals surface area contributed by atoms with E-state index in [2.05, 4.69) is 5.32 Å². The normalized spacial score (nSPS) is 26.3. The molecular weight excluding hydrogens is 198 g/mol. The average molecular weight is 215 g/mol. The van der Waals surface area contributed by atoms with Gasteiger partial charge in [-0.3, -0.25) is 9.59 Å². The van der Waals surface area contributed by atoms with Crippen molar-refractivity contribution in [2.24, 2.45) is 11.8 Å². The molecule has 1 aliphatic heterocycles. The monoisotopic (exact) mass is 215 g/mol. The Labute approximate surface area is 88.8 Å². The number of hydrogen-bond donors (Lipinski definition) is 2. The Bertz CT molecular complexity index is 252. The molecule has 1 amide bonds. The van der Waals surface area contributed by atoms with Crippen LogP contribution in [0.2, 0.25) is 0 Å². The summed E-state index contributed by atoms with van der Waals surface area (Å²) in [6, 6.07) is -0.397. The molecule has 0 aromatic rings. The van der Waals surface area contributed by atoms with Crippen LogP contribution < -0.4 is 5.32 Å². The number of hydrogen-bond acceptors (Lipinski definition) is 3. The minimum atomic E-state index is -0.868. The van der Waals surface area contributed by atoms with Gasteiger partial charge in [-0.1, -0.05) is 13.8 Å². The summed E-state index contributed by atoms with van der Waals surface area (Å²) in [7, 11) is 0. The third-order valence-electron chi connectivity index (χ3n) is 2.53. The van der Waals surface area contributed by atoms with Gasteiger partial charge in [-0.2, -0.15) is 0 Å². The van der Waals surface area contributed by atoms with Gasteiger partial charge in [0.2, 0.25) is 5.91 Å². The number of carboxylic acid groups (broad SMARTS) is 1. The van der Waals surface area contributed by atoms with Crippen LogP contribution in [-0.4, -0.2) is 36.2 Å². The molecular formula is C10H17NO4. The second-order valence-electron chi connectivity index (χ2n) is 4.08. The van der Waals surface area contributed by atoms with Crippen LogP contribution in [0, 0.1) is 11.8 Å². The lowest BCUT2D eigenvalue weighted by atomic mass is 9.94. The average Bonchev–Trinajstić information content (AvgIpc) is 2.18. The molecule has 2 unspecified atom stereocenters. The first kappa shape index (κ1) is 12.0. The van der Waals surface area contributed by atoms with E-state index in [-0.39, 0.29) is 18.4 Å². The highest BCUT2D eigenvalue weighted by atomic mass is 16.5. The summed E-state index contributed by atoms with van der Waals surface area (Å²) >= 11 is 0. The molecule has 0 saturated carbocycles. The molecule has 2 N–H and O–H groups in total. The predicted molar refractivity (Wildman–Crippen MR) is 53.3 cm³/mol. The quantitative estimate of drug-likeness (QED) is 0.707. The van der Waals surface area contributed by atoms with Crippen LogP contribution in [0.4, 0.5) is 0 Å². The Hall–Kier alpha value is -1.10. The maximum atomic E-state index is 11.4. The van der Waals surface area contributed by atoms with Crippen molar-refractivity contribution in [2.75, 3.05) is 13.2 Å². The van der Waals surface area contributed by atoms with E-state index in [1.165, 1.54) is 0 Å². The highest BCUT2D eigenvalue weighted by molar-refractivity contribution is 5.79. The van der Waals surface area contributed by atoms with Gasteiger partial charge in [-0.15, -0.1) is 0 Å². The van der Waals surface area contributed by atoms with Gasteiger partial charge in [0.05, 0.1) is 18.6 Å². The Morgan fingerprint density at radius 1 is 1.47 bits per heavy atom. The number of aliphatic carboxylic acids is 1. The van der Waals surface area contributed by atoms with Gasteiger partial charge >= 0.3 is 5.97 Å². The number of amides is 1. The predicted octanol–water partition coefficient (Wildman–Crippen LogP) is 0.248. The molecule has 5 heteroatoms. The van der Waals surface area contributed by atoms with Crippen LogP contribution in [0.1, 0.15) is 20.3 Å². The molecule has 0 spiro atoms. The smallest absolute Gasteiger partial charge is 0.308 e. The van der Waals surface area contributed by atoms with Crippen molar-refractivity contribution in [1.29, 1.82) is 0 Å². The van der Waals surface area contributed by atoms with Crippen LogP contribution >= 0.6 is 0 Å². The standard InChI is InChI=1S/C10H17NO4/c1-6(2)9(12)11-8-5-15-4-3-7(8)10(13)14/h6-8H,3-5H2,1-2H3,(H,11,12)(H,13,14). The molecule has 1 aliphatic rings. The largest absolute Gasteiger partial charge is 0.481 e. The molecule has 86 valence electrons. The van der Waals surface area contributed by atoms with E-state index < -0.39 is 17.9 Å². The van der Waals surface area contributed by atoms with Crippen LogP contribution in [0.5, 0.6) is 0 Å². The van der Waals surface area contributed by atoms with E-state index >= 15 is 0 Å². The molecule has 15 heavy (non-hydrogen) atoms. The molecule has 1 heterocycles. The lowest BCUT2D eigenvalue weighted by molar-refractivity contribution is -0.147. The van der Waals surface area contributed by atoms with Crippen molar-refractivity contribution >= 4 is 11.9 Å². The summed E-state index contributed by atoms with van der Waals surface area (Å²) in [5, 5.41) is 11.7. The number of rotatable bonds is 3. The zero-order valence-corrected chi connectivity index (χ0v) is 9.03. The summed E-state index contributed by atoms with van der Waals surface area (Å²) in [5.41, 5.74) is 0. The minimum Gasteiger partial charge on any atom is -0.481 e. The molecule has 1 rings (SSSR count). The summed E-state index contributed by atoms with van der Waals surface area (Å²) in [4.78, 5) is 22.3. The van der Waals surface area contributed by atoms with Gasteiger partial charge in [-0.25, -0.2) is 0 Å². The number of ether oxygens (including phenoxy) is 1. The minimum absolute atomic E-state index is 0.128. The highest BCUT2D eigenvalue weighted by Crippen LogP contribution is 2.16. The second kappa shape index (κ2) is 5.11. The zero-order chi connectivity index (χ0) is 11.4. The fourth-order valence-electron chi connectivity index (χ4n) is 1.53. The first-order valence-corrected chi connectivity index (χ1v) is 5.13. The Kier molecular flexibility index (Phi) is 4.08. The maximum absolute atomic E-state index is 11.4. The third-order valence-corrected chi connectivity index (χ3v) is 2.53. The van der Waals surface area contributed by atoms with Crippen molar-refractivity contribution in [1.82, 2.24) is 5.32 Å². The summed E-state index contributed by atoms with van der Waals surface area (Å²) in [5.74, 6) is -1.66. The Morgan fingerprint density at radius 3 is 2.67 bits per heavy atom. The van der Waals surface area contributed by atoms with E-state index in [9.17, 15) is 9.59 Å². The van der Waals surface area contributed by atoms with E-state index in [4.69, 9.17) is 9.84 Å². The SMILES string of the molecule is CC(C)C(=O)NC1COCCC1C(=O)O. The van der Waals surface area contributed by atoms with Gasteiger partial charge in [0.25, 0.3) is 0 Å². The second-order valence-corrected chi connectivity index (χ2v) is 4.08. The molecule has 5 nitrogen and oxygen atoms in total. The number of nitrogens with one attached hydrogen (secondary N) is 1. The van der Waals surface area contributed by atoms with E-state index in [0.29, 0.717) is 13.0 Å². The molecule has 0 aromatic carbocycles. The fraction of sp³-hybridized carbons (Fsp3) is 0.800. The molecule has 1 saturated heterocycles. The molecule has 0 bridgehead atoms. The molecule has 1 fully saturated rings. The van der Waals surface area contributed by atoms with Crippen LogP contribution in [0.15, 0.2) is 0 Å². The van der Waals surface area contributed by atoms with Crippen LogP contribution in [0.25, 0.3) is 0 Å². The third kappa shape index (κ3) is 3.20. The van der Waals surface area contributed by atoms with Crippen molar-refractivity contribution in [3.8, 4) is 0 Å². The molecule has 0 radical (unpaired) electrons. The van der Waals surface area contributed by atoms with Crippen molar-refractivity contribution < 1.29 is 19.4 Å². The summed E-state index contributed by atoms with van der Waals surface area (Å²) in [6.07, 6.45) is 0.457. The molecule has 0 aliphatic carbocycles. The summed E-state index contributed by atoms with van der Waals surface area (Å²) < 4.78 is 5.17. The summed E-state index contributed by atoms with van der Waals surface area (Å²) in [6.45, 7) is 4.28. The van der Waals surface area contributed by atoms with Gasteiger partial charge in [0, 0.05) is 12.5 Å². The lowest BCUT2D eigenvalue weighted by Crippen LogP contribution is -2.50. The lowest BCUT2D eigenvalue weighted by Gasteiger charge is -2.29. The fourth-order valence-corrected chi connectivity index (χ4v) is 1.53. The molecule has 0 aromatic heterocycles. The number of carboxylic acids is 1. The first-order chi connectivity index (χ1) is 7.02. The van der Waals surface area contributed by atoms with Gasteiger partial charge in [0.15, 0.2) is 0 Å². The Morgan fingerprint density at radius 2 is 2.13 bits per heavy atom. The van der Waals surface area contributed by atoms with Gasteiger partial charge < -0.3 is 15.2 Å². The van der Waals surface area contributed by atoms with Gasteiger partial charge in [0.1, 0.15) is 0 Å². The van der Waals surface area contributed by atoms with Crippen molar-refractivity contribution in [3.63, 3.8) is 0 Å². The van der Waals surface area contributed by atoms with Gasteiger partial charge in [-0.05, 0) is 6.42 Å².